The molecule has 1 amide bonds. The van der Waals surface area contributed by atoms with Crippen LogP contribution in [0.5, 0.6) is 5.75 Å². The van der Waals surface area contributed by atoms with Crippen LogP contribution in [0.25, 0.3) is 0 Å². The Morgan fingerprint density at radius 3 is 2.28 bits per heavy atom. The lowest BCUT2D eigenvalue weighted by atomic mass is 10.1. The number of para-hydroxylation sites is 1. The molecule has 3 rings (SSSR count). The van der Waals surface area contributed by atoms with Crippen LogP contribution in [0.4, 0.5) is 5.69 Å². The number of nitrogens with one attached hydrogen (secondary N) is 1. The number of rotatable bonds is 7. The van der Waals surface area contributed by atoms with Crippen LogP contribution in [-0.2, 0) is 16.6 Å². The largest absolute Gasteiger partial charge is 0.507 e. The Labute approximate surface area is 192 Å². The van der Waals surface area contributed by atoms with Crippen molar-refractivity contribution in [3.63, 3.8) is 0 Å². The van der Waals surface area contributed by atoms with E-state index in [9.17, 15) is 18.3 Å². The highest BCUT2D eigenvalue weighted by Crippen LogP contribution is 2.24. The molecule has 0 aliphatic heterocycles. The van der Waals surface area contributed by atoms with Crippen molar-refractivity contribution >= 4 is 38.9 Å². The Morgan fingerprint density at radius 1 is 1.03 bits per heavy atom. The van der Waals surface area contributed by atoms with Gasteiger partial charge in [-0.3, -0.25) is 9.10 Å². The molecular weight excluding hydrogens is 450 g/mol. The average molecular weight is 472 g/mol. The van der Waals surface area contributed by atoms with Gasteiger partial charge in [0, 0.05) is 16.1 Å². The molecule has 32 heavy (non-hydrogen) atoms. The number of carbonyl (C=O) groups excluding carboxylic acids is 1. The van der Waals surface area contributed by atoms with Gasteiger partial charge in [-0.15, -0.1) is 0 Å². The van der Waals surface area contributed by atoms with E-state index in [2.05, 4.69) is 10.5 Å². The molecule has 0 radical (unpaired) electrons. The molecule has 166 valence electrons. The van der Waals surface area contributed by atoms with E-state index in [-0.39, 0.29) is 12.3 Å². The zero-order valence-corrected chi connectivity index (χ0v) is 19.1. The third-order valence-electron chi connectivity index (χ3n) is 4.71. The number of halogens is 1. The minimum atomic E-state index is -3.59. The highest BCUT2D eigenvalue weighted by atomic mass is 35.5. The summed E-state index contributed by atoms with van der Waals surface area (Å²) in [4.78, 5) is 12.4. The van der Waals surface area contributed by atoms with Gasteiger partial charge in [0.15, 0.2) is 0 Å². The Morgan fingerprint density at radius 2 is 1.66 bits per heavy atom. The molecule has 0 spiro atoms. The lowest BCUT2D eigenvalue weighted by molar-refractivity contribution is 0.0955. The van der Waals surface area contributed by atoms with Crippen LogP contribution in [0.15, 0.2) is 77.9 Å². The fourth-order valence-corrected chi connectivity index (χ4v) is 4.07. The van der Waals surface area contributed by atoms with E-state index in [0.717, 1.165) is 6.26 Å². The first-order valence-electron chi connectivity index (χ1n) is 9.61. The SMILES string of the molecule is C/C(=N\NC(=O)c1ccc(N(Cc2ccccc2Cl)S(C)(=O)=O)cc1)c1ccccc1O. The summed E-state index contributed by atoms with van der Waals surface area (Å²) in [5.41, 5.74) is 4.75. The molecule has 3 aromatic rings. The van der Waals surface area contributed by atoms with Crippen molar-refractivity contribution < 1.29 is 18.3 Å². The summed E-state index contributed by atoms with van der Waals surface area (Å²) >= 11 is 6.18. The molecule has 7 nitrogen and oxygen atoms in total. The van der Waals surface area contributed by atoms with Crippen molar-refractivity contribution in [1.82, 2.24) is 5.43 Å². The maximum absolute atomic E-state index is 12.4. The number of carbonyl (C=O) groups is 1. The van der Waals surface area contributed by atoms with Gasteiger partial charge in [0.25, 0.3) is 5.91 Å². The van der Waals surface area contributed by atoms with E-state index in [1.807, 2.05) is 0 Å². The Hall–Kier alpha value is -3.36. The van der Waals surface area contributed by atoms with Gasteiger partial charge in [-0.1, -0.05) is 41.9 Å². The molecular formula is C23H22ClN3O4S. The molecule has 3 aromatic carbocycles. The molecule has 0 aliphatic rings. The number of amides is 1. The van der Waals surface area contributed by atoms with Crippen molar-refractivity contribution in [3.05, 3.63) is 94.5 Å². The summed E-state index contributed by atoms with van der Waals surface area (Å²) in [6, 6.07) is 19.8. The topological polar surface area (TPSA) is 99.1 Å². The Balaban J connectivity index is 1.77. The lowest BCUT2D eigenvalue weighted by Gasteiger charge is -2.23. The second kappa shape index (κ2) is 9.84. The number of hydrogen-bond donors (Lipinski definition) is 2. The van der Waals surface area contributed by atoms with Gasteiger partial charge in [0.05, 0.1) is 24.2 Å². The summed E-state index contributed by atoms with van der Waals surface area (Å²) in [6.45, 7) is 1.73. The molecule has 0 atom stereocenters. The fourth-order valence-electron chi connectivity index (χ4n) is 3.00. The first-order valence-corrected chi connectivity index (χ1v) is 11.8. The monoisotopic (exact) mass is 471 g/mol. The van der Waals surface area contributed by atoms with Gasteiger partial charge >= 0.3 is 0 Å². The van der Waals surface area contributed by atoms with Crippen LogP contribution in [0.1, 0.15) is 28.4 Å². The summed E-state index contributed by atoms with van der Waals surface area (Å²) in [7, 11) is -3.59. The highest BCUT2D eigenvalue weighted by molar-refractivity contribution is 7.92. The summed E-state index contributed by atoms with van der Waals surface area (Å²) in [6.07, 6.45) is 1.11. The molecule has 0 fully saturated rings. The van der Waals surface area contributed by atoms with E-state index < -0.39 is 15.9 Å². The molecule has 0 aromatic heterocycles. The van der Waals surface area contributed by atoms with E-state index in [4.69, 9.17) is 11.6 Å². The number of phenolic OH excluding ortho intramolecular Hbond substituents is 1. The maximum atomic E-state index is 12.4. The summed E-state index contributed by atoms with van der Waals surface area (Å²) in [5, 5.41) is 14.4. The fraction of sp³-hybridized carbons (Fsp3) is 0.130. The number of anilines is 1. The van der Waals surface area contributed by atoms with Crippen LogP contribution in [0.3, 0.4) is 0 Å². The molecule has 0 unspecified atom stereocenters. The van der Waals surface area contributed by atoms with Crippen molar-refractivity contribution in [2.45, 2.75) is 13.5 Å². The van der Waals surface area contributed by atoms with Gasteiger partial charge < -0.3 is 5.11 Å². The normalized spacial score (nSPS) is 11.8. The minimum Gasteiger partial charge on any atom is -0.507 e. The van der Waals surface area contributed by atoms with Gasteiger partial charge in [0.2, 0.25) is 10.0 Å². The van der Waals surface area contributed by atoms with Gasteiger partial charge in [-0.2, -0.15) is 5.10 Å². The van der Waals surface area contributed by atoms with Crippen LogP contribution in [0.2, 0.25) is 5.02 Å². The second-order valence-corrected chi connectivity index (χ2v) is 9.38. The molecule has 0 heterocycles. The smallest absolute Gasteiger partial charge is 0.271 e. The predicted molar refractivity (Wildman–Crippen MR) is 127 cm³/mol. The van der Waals surface area contributed by atoms with E-state index in [0.29, 0.717) is 33.1 Å². The third-order valence-corrected chi connectivity index (χ3v) is 6.22. The third kappa shape index (κ3) is 5.66. The first kappa shape index (κ1) is 23.3. The van der Waals surface area contributed by atoms with E-state index >= 15 is 0 Å². The van der Waals surface area contributed by atoms with Gasteiger partial charge in [0.1, 0.15) is 5.75 Å². The zero-order valence-electron chi connectivity index (χ0n) is 17.5. The van der Waals surface area contributed by atoms with Crippen LogP contribution >= 0.6 is 11.6 Å². The summed E-state index contributed by atoms with van der Waals surface area (Å²) in [5.74, 6) is -0.407. The zero-order chi connectivity index (χ0) is 23.3. The second-order valence-electron chi connectivity index (χ2n) is 7.06. The number of benzene rings is 3. The van der Waals surface area contributed by atoms with Crippen molar-refractivity contribution in [2.75, 3.05) is 10.6 Å². The number of aromatic hydroxyl groups is 1. The number of nitrogens with zero attached hydrogens (tertiary/aromatic N) is 2. The Kier molecular flexibility index (Phi) is 7.17. The Bertz CT molecular complexity index is 1260. The number of phenols is 1. The van der Waals surface area contributed by atoms with Crippen LogP contribution in [-0.4, -0.2) is 31.4 Å². The van der Waals surface area contributed by atoms with E-state index in [1.165, 1.54) is 22.5 Å². The number of hydrazone groups is 1. The van der Waals surface area contributed by atoms with Gasteiger partial charge in [-0.25, -0.2) is 13.8 Å². The van der Waals surface area contributed by atoms with Crippen LogP contribution < -0.4 is 9.73 Å². The van der Waals surface area contributed by atoms with Crippen molar-refractivity contribution in [1.29, 1.82) is 0 Å². The molecule has 9 heteroatoms. The van der Waals surface area contributed by atoms with Crippen molar-refractivity contribution in [2.24, 2.45) is 5.10 Å². The minimum absolute atomic E-state index is 0.0618. The van der Waals surface area contributed by atoms with Crippen LogP contribution in [0, 0.1) is 0 Å². The van der Waals surface area contributed by atoms with E-state index in [1.54, 1.807) is 61.5 Å². The molecule has 0 aliphatic carbocycles. The quantitative estimate of drug-likeness (QED) is 0.399. The number of hydrogen-bond acceptors (Lipinski definition) is 5. The number of sulfonamides is 1. The molecule has 0 saturated heterocycles. The van der Waals surface area contributed by atoms with Gasteiger partial charge in [-0.05, 0) is 55.0 Å². The molecule has 0 saturated carbocycles. The predicted octanol–water partition coefficient (Wildman–Crippen LogP) is 4.17. The standard InChI is InChI=1S/C23H22ClN3O4S/c1-16(20-8-4-6-10-22(20)28)25-26-23(29)17-11-13-19(14-12-17)27(32(2,30)31)15-18-7-3-5-9-21(18)24/h3-14,28H,15H2,1-2H3,(H,26,29)/b25-16+. The molecule has 2 N–H and O–H groups in total. The first-order chi connectivity index (χ1) is 15.2. The lowest BCUT2D eigenvalue weighted by Crippen LogP contribution is -2.29. The summed E-state index contributed by atoms with van der Waals surface area (Å²) < 4.78 is 26.0. The maximum Gasteiger partial charge on any atom is 0.271 e. The van der Waals surface area contributed by atoms with Crippen molar-refractivity contribution in [3.8, 4) is 5.75 Å². The molecule has 0 bridgehead atoms. The highest BCUT2D eigenvalue weighted by Gasteiger charge is 2.19. The average Bonchev–Trinajstić information content (AvgIpc) is 2.76.